The number of hydrogen-bond acceptors (Lipinski definition) is 4. The Balaban J connectivity index is 0. The van der Waals surface area contributed by atoms with Crippen molar-refractivity contribution in [2.24, 2.45) is 11.8 Å². The molecule has 6 heteroatoms. The van der Waals surface area contributed by atoms with Crippen LogP contribution in [0.1, 0.15) is 40.0 Å². The van der Waals surface area contributed by atoms with Crippen molar-refractivity contribution in [3.05, 3.63) is 12.3 Å². The van der Waals surface area contributed by atoms with Gasteiger partial charge in [-0.3, -0.25) is 14.4 Å². The standard InChI is InChI=1S/C8H14O2.C6H11NO3/c1-4-8(10)6(2)5-7(3)9;1-4(6(9)10)3-5(8)7-2/h6,9H,3-5H2,1-2H3;4H,3H2,1-2H3,(H,7,8)(H,9,10). The molecule has 0 radical (unpaired) electrons. The van der Waals surface area contributed by atoms with Crippen LogP contribution in [0, 0.1) is 11.8 Å². The zero-order valence-corrected chi connectivity index (χ0v) is 12.6. The van der Waals surface area contributed by atoms with E-state index in [1.165, 1.54) is 14.0 Å². The van der Waals surface area contributed by atoms with Gasteiger partial charge in [-0.15, -0.1) is 0 Å². The highest BCUT2D eigenvalue weighted by Crippen LogP contribution is 2.09. The summed E-state index contributed by atoms with van der Waals surface area (Å²) in [5.74, 6) is -1.59. The van der Waals surface area contributed by atoms with Crippen molar-refractivity contribution in [1.82, 2.24) is 5.32 Å². The number of allylic oxidation sites excluding steroid dienone is 1. The van der Waals surface area contributed by atoms with E-state index in [0.717, 1.165) is 0 Å². The molecule has 0 rings (SSSR count). The van der Waals surface area contributed by atoms with Crippen molar-refractivity contribution in [3.8, 4) is 0 Å². The summed E-state index contributed by atoms with van der Waals surface area (Å²) in [6, 6.07) is 0. The van der Waals surface area contributed by atoms with Gasteiger partial charge in [0.15, 0.2) is 0 Å². The van der Waals surface area contributed by atoms with Gasteiger partial charge in [0.2, 0.25) is 5.91 Å². The maximum Gasteiger partial charge on any atom is 0.306 e. The van der Waals surface area contributed by atoms with E-state index in [-0.39, 0.29) is 29.8 Å². The Labute approximate surface area is 119 Å². The molecule has 0 spiro atoms. The number of aliphatic hydroxyl groups excluding tert-OH is 1. The fourth-order valence-corrected chi connectivity index (χ4v) is 1.28. The average molecular weight is 287 g/mol. The Bertz CT molecular complexity index is 351. The molecule has 0 aliphatic carbocycles. The van der Waals surface area contributed by atoms with E-state index in [1.54, 1.807) is 6.92 Å². The van der Waals surface area contributed by atoms with Crippen LogP contribution in [0.4, 0.5) is 0 Å². The molecule has 3 N–H and O–H groups in total. The SMILES string of the molecule is C=C(O)CC(C)C(=O)CC.CNC(=O)CC(C)C(=O)O. The fourth-order valence-electron chi connectivity index (χ4n) is 1.28. The second-order valence-corrected chi connectivity index (χ2v) is 4.61. The average Bonchev–Trinajstić information content (AvgIpc) is 2.37. The molecule has 2 unspecified atom stereocenters. The van der Waals surface area contributed by atoms with E-state index in [0.29, 0.717) is 12.8 Å². The molecule has 0 heterocycles. The third-order valence-electron chi connectivity index (χ3n) is 2.63. The van der Waals surface area contributed by atoms with Gasteiger partial charge < -0.3 is 15.5 Å². The highest BCUT2D eigenvalue weighted by atomic mass is 16.4. The molecular formula is C14H25NO5. The number of amides is 1. The molecule has 6 nitrogen and oxygen atoms in total. The molecule has 0 saturated heterocycles. The van der Waals surface area contributed by atoms with E-state index in [2.05, 4.69) is 11.9 Å². The summed E-state index contributed by atoms with van der Waals surface area (Å²) >= 11 is 0. The number of hydrogen-bond donors (Lipinski definition) is 3. The van der Waals surface area contributed by atoms with Crippen LogP contribution in [0.2, 0.25) is 0 Å². The molecule has 1 amide bonds. The first kappa shape index (κ1) is 20.5. The van der Waals surface area contributed by atoms with Gasteiger partial charge in [-0.25, -0.2) is 0 Å². The van der Waals surface area contributed by atoms with Crippen LogP contribution in [0.5, 0.6) is 0 Å². The molecule has 116 valence electrons. The Morgan fingerprint density at radius 3 is 1.90 bits per heavy atom. The van der Waals surface area contributed by atoms with Crippen molar-refractivity contribution in [2.45, 2.75) is 40.0 Å². The number of carbonyl (C=O) groups is 3. The Hall–Kier alpha value is -1.85. The number of Topliss-reactive ketones (excluding diaryl/α,β-unsaturated/α-hetero) is 1. The number of aliphatic hydroxyl groups is 1. The quantitative estimate of drug-likeness (QED) is 0.620. The minimum Gasteiger partial charge on any atom is -0.513 e. The molecule has 0 aromatic carbocycles. The minimum atomic E-state index is -0.941. The summed E-state index contributed by atoms with van der Waals surface area (Å²) in [6.07, 6.45) is 0.979. The number of carbonyl (C=O) groups excluding carboxylic acids is 2. The maximum absolute atomic E-state index is 10.9. The number of carboxylic acid groups (broad SMARTS) is 1. The molecule has 0 aromatic heterocycles. The van der Waals surface area contributed by atoms with E-state index >= 15 is 0 Å². The molecule has 0 fully saturated rings. The monoisotopic (exact) mass is 287 g/mol. The third-order valence-corrected chi connectivity index (χ3v) is 2.63. The molecule has 0 saturated carbocycles. The summed E-state index contributed by atoms with van der Waals surface area (Å²) in [5.41, 5.74) is 0. The van der Waals surface area contributed by atoms with Crippen LogP contribution >= 0.6 is 0 Å². The Morgan fingerprint density at radius 1 is 1.10 bits per heavy atom. The lowest BCUT2D eigenvalue weighted by molar-refractivity contribution is -0.143. The molecule has 0 bridgehead atoms. The molecule has 0 aliphatic heterocycles. The molecule has 0 aromatic rings. The third kappa shape index (κ3) is 11.3. The zero-order chi connectivity index (χ0) is 16.3. The van der Waals surface area contributed by atoms with Gasteiger partial charge in [0.25, 0.3) is 0 Å². The second-order valence-electron chi connectivity index (χ2n) is 4.61. The topological polar surface area (TPSA) is 104 Å². The lowest BCUT2D eigenvalue weighted by Crippen LogP contribution is -2.23. The Kier molecular flexibility index (Phi) is 11.3. The second kappa shape index (κ2) is 11.0. The minimum absolute atomic E-state index is 0.0475. The lowest BCUT2D eigenvalue weighted by Gasteiger charge is -2.06. The van der Waals surface area contributed by atoms with Crippen LogP contribution in [-0.2, 0) is 14.4 Å². The van der Waals surface area contributed by atoms with Crippen LogP contribution in [0.15, 0.2) is 12.3 Å². The van der Waals surface area contributed by atoms with E-state index in [4.69, 9.17) is 10.2 Å². The first-order valence-electron chi connectivity index (χ1n) is 6.48. The predicted molar refractivity (Wildman–Crippen MR) is 76.3 cm³/mol. The zero-order valence-electron chi connectivity index (χ0n) is 12.6. The van der Waals surface area contributed by atoms with Crippen molar-refractivity contribution >= 4 is 17.7 Å². The van der Waals surface area contributed by atoms with Crippen molar-refractivity contribution in [3.63, 3.8) is 0 Å². The largest absolute Gasteiger partial charge is 0.513 e. The summed E-state index contributed by atoms with van der Waals surface area (Å²) in [6.45, 7) is 8.43. The molecule has 2 atom stereocenters. The molecule has 20 heavy (non-hydrogen) atoms. The summed E-state index contributed by atoms with van der Waals surface area (Å²) in [4.78, 5) is 31.6. The van der Waals surface area contributed by atoms with Crippen LogP contribution < -0.4 is 5.32 Å². The van der Waals surface area contributed by atoms with Crippen molar-refractivity contribution in [1.29, 1.82) is 0 Å². The highest BCUT2D eigenvalue weighted by Gasteiger charge is 2.13. The first-order valence-corrected chi connectivity index (χ1v) is 6.48. The van der Waals surface area contributed by atoms with Crippen LogP contribution in [-0.4, -0.2) is 34.9 Å². The number of aliphatic carboxylic acids is 1. The normalized spacial score (nSPS) is 12.4. The summed E-state index contributed by atoms with van der Waals surface area (Å²) in [7, 11) is 1.48. The fraction of sp³-hybridized carbons (Fsp3) is 0.643. The van der Waals surface area contributed by atoms with Crippen LogP contribution in [0.25, 0.3) is 0 Å². The molecule has 0 aliphatic rings. The van der Waals surface area contributed by atoms with Gasteiger partial charge in [-0.05, 0) is 0 Å². The number of carboxylic acids is 1. The summed E-state index contributed by atoms with van der Waals surface area (Å²) in [5, 5.41) is 19.4. The number of rotatable bonds is 7. The van der Waals surface area contributed by atoms with Crippen LogP contribution in [0.3, 0.4) is 0 Å². The first-order chi connectivity index (χ1) is 9.15. The van der Waals surface area contributed by atoms with E-state index in [9.17, 15) is 14.4 Å². The highest BCUT2D eigenvalue weighted by molar-refractivity contribution is 5.81. The number of nitrogens with one attached hydrogen (secondary N) is 1. The van der Waals surface area contributed by atoms with E-state index < -0.39 is 11.9 Å². The Morgan fingerprint density at radius 2 is 1.60 bits per heavy atom. The number of ketones is 1. The van der Waals surface area contributed by atoms with Gasteiger partial charge in [0.05, 0.1) is 11.7 Å². The predicted octanol–water partition coefficient (Wildman–Crippen LogP) is 1.91. The van der Waals surface area contributed by atoms with Crippen molar-refractivity contribution in [2.75, 3.05) is 7.05 Å². The van der Waals surface area contributed by atoms with Gasteiger partial charge in [0.1, 0.15) is 5.78 Å². The van der Waals surface area contributed by atoms with Gasteiger partial charge in [0, 0.05) is 32.2 Å². The summed E-state index contributed by atoms with van der Waals surface area (Å²) < 4.78 is 0. The van der Waals surface area contributed by atoms with E-state index in [1.807, 2.05) is 6.92 Å². The van der Waals surface area contributed by atoms with Gasteiger partial charge in [-0.1, -0.05) is 27.4 Å². The van der Waals surface area contributed by atoms with Gasteiger partial charge in [-0.2, -0.15) is 0 Å². The maximum atomic E-state index is 10.9. The lowest BCUT2D eigenvalue weighted by atomic mass is 10.0. The smallest absolute Gasteiger partial charge is 0.306 e. The van der Waals surface area contributed by atoms with Gasteiger partial charge >= 0.3 is 5.97 Å². The van der Waals surface area contributed by atoms with Crippen molar-refractivity contribution < 1.29 is 24.6 Å². The molecular weight excluding hydrogens is 262 g/mol.